The number of nitrogens with zero attached hydrogens (tertiary/aromatic N) is 2. The molecule has 4 rings (SSSR count). The third-order valence-electron chi connectivity index (χ3n) is 7.17. The van der Waals surface area contributed by atoms with E-state index in [0.717, 1.165) is 51.4 Å². The molecule has 1 unspecified atom stereocenters. The molecule has 2 aliphatic heterocycles. The average Bonchev–Trinajstić information content (AvgIpc) is 3.22. The minimum atomic E-state index is -0.742. The average molecular weight is 386 g/mol. The van der Waals surface area contributed by atoms with Gasteiger partial charge in [-0.05, 0) is 69.3 Å². The number of carbonyl (C=O) groups excluding carboxylic acids is 3. The maximum absolute atomic E-state index is 11.9. The van der Waals surface area contributed by atoms with E-state index in [1.54, 1.807) is 11.0 Å². The van der Waals surface area contributed by atoms with Crippen molar-refractivity contribution in [3.8, 4) is 0 Å². The van der Waals surface area contributed by atoms with Crippen LogP contribution in [0.4, 0.5) is 0 Å². The van der Waals surface area contributed by atoms with E-state index >= 15 is 0 Å². The molecule has 0 saturated heterocycles. The molecule has 4 aliphatic rings. The van der Waals surface area contributed by atoms with E-state index in [4.69, 9.17) is 0 Å². The Kier molecular flexibility index (Phi) is 5.67. The van der Waals surface area contributed by atoms with Crippen LogP contribution in [0.5, 0.6) is 0 Å². The summed E-state index contributed by atoms with van der Waals surface area (Å²) in [6.07, 6.45) is 15.8. The molecule has 1 atom stereocenters. The van der Waals surface area contributed by atoms with Crippen molar-refractivity contribution in [2.45, 2.75) is 82.5 Å². The Morgan fingerprint density at radius 1 is 0.714 bits per heavy atom. The topological polar surface area (TPSA) is 77.9 Å². The lowest BCUT2D eigenvalue weighted by atomic mass is 9.78. The van der Waals surface area contributed by atoms with Crippen LogP contribution in [0.15, 0.2) is 24.3 Å². The van der Waals surface area contributed by atoms with Crippen molar-refractivity contribution in [1.82, 2.24) is 9.80 Å². The first-order chi connectivity index (χ1) is 13.5. The molecule has 6 nitrogen and oxygen atoms in total. The second-order valence-electron chi connectivity index (χ2n) is 8.82. The van der Waals surface area contributed by atoms with Crippen LogP contribution in [0, 0.1) is 11.8 Å². The largest absolute Gasteiger partial charge is 0.370 e. The Hall–Kier alpha value is -1.95. The van der Waals surface area contributed by atoms with Gasteiger partial charge in [0.1, 0.15) is 6.23 Å². The SMILES string of the molecule is O=C1C=CC(=O)N1C1CCC(CCC2CCC(N3C(=O)C=CC3O)CC2)CC1. The van der Waals surface area contributed by atoms with Crippen LogP contribution < -0.4 is 0 Å². The Morgan fingerprint density at radius 3 is 1.68 bits per heavy atom. The summed E-state index contributed by atoms with van der Waals surface area (Å²) in [6, 6.07) is 0.257. The molecule has 1 N–H and O–H groups in total. The van der Waals surface area contributed by atoms with Gasteiger partial charge in [-0.3, -0.25) is 19.3 Å². The fourth-order valence-corrected chi connectivity index (χ4v) is 5.52. The monoisotopic (exact) mass is 386 g/mol. The zero-order valence-electron chi connectivity index (χ0n) is 16.3. The zero-order valence-corrected chi connectivity index (χ0v) is 16.3. The highest BCUT2D eigenvalue weighted by Gasteiger charge is 2.35. The fraction of sp³-hybridized carbons (Fsp3) is 0.682. The zero-order chi connectivity index (χ0) is 19.7. The van der Waals surface area contributed by atoms with Crippen molar-refractivity contribution in [3.05, 3.63) is 24.3 Å². The molecule has 0 aromatic heterocycles. The minimum Gasteiger partial charge on any atom is -0.370 e. The molecule has 0 aromatic rings. The molecule has 0 radical (unpaired) electrons. The van der Waals surface area contributed by atoms with E-state index in [1.165, 1.54) is 36.0 Å². The van der Waals surface area contributed by atoms with Gasteiger partial charge in [0, 0.05) is 30.3 Å². The highest BCUT2D eigenvalue weighted by molar-refractivity contribution is 6.13. The summed E-state index contributed by atoms with van der Waals surface area (Å²) in [5.41, 5.74) is 0. The summed E-state index contributed by atoms with van der Waals surface area (Å²) in [7, 11) is 0. The second-order valence-corrected chi connectivity index (χ2v) is 8.82. The molecule has 6 heteroatoms. The highest BCUT2D eigenvalue weighted by Crippen LogP contribution is 2.36. The number of hydrogen-bond acceptors (Lipinski definition) is 4. The van der Waals surface area contributed by atoms with E-state index in [-0.39, 0.29) is 29.8 Å². The number of hydrogen-bond donors (Lipinski definition) is 1. The quantitative estimate of drug-likeness (QED) is 0.737. The van der Waals surface area contributed by atoms with Crippen molar-refractivity contribution in [2.75, 3.05) is 0 Å². The normalized spacial score (nSPS) is 36.0. The van der Waals surface area contributed by atoms with Gasteiger partial charge in [-0.15, -0.1) is 0 Å². The number of amides is 3. The van der Waals surface area contributed by atoms with Crippen molar-refractivity contribution >= 4 is 17.7 Å². The predicted octanol–water partition coefficient (Wildman–Crippen LogP) is 2.53. The lowest BCUT2D eigenvalue weighted by molar-refractivity contribution is -0.140. The Balaban J connectivity index is 1.16. The van der Waals surface area contributed by atoms with Crippen molar-refractivity contribution < 1.29 is 19.5 Å². The molecule has 3 amide bonds. The van der Waals surface area contributed by atoms with Crippen molar-refractivity contribution in [1.29, 1.82) is 0 Å². The van der Waals surface area contributed by atoms with Gasteiger partial charge in [-0.25, -0.2) is 0 Å². The third kappa shape index (κ3) is 3.93. The van der Waals surface area contributed by atoms with Crippen LogP contribution >= 0.6 is 0 Å². The Labute approximate surface area is 166 Å². The van der Waals surface area contributed by atoms with E-state index in [0.29, 0.717) is 11.8 Å². The van der Waals surface area contributed by atoms with Crippen molar-refractivity contribution in [3.63, 3.8) is 0 Å². The smallest absolute Gasteiger partial charge is 0.253 e. The van der Waals surface area contributed by atoms with Gasteiger partial charge in [0.2, 0.25) is 5.91 Å². The summed E-state index contributed by atoms with van der Waals surface area (Å²) in [5.74, 6) is 1.05. The van der Waals surface area contributed by atoms with Crippen LogP contribution in [0.25, 0.3) is 0 Å². The molecule has 2 saturated carbocycles. The first-order valence-electron chi connectivity index (χ1n) is 10.8. The van der Waals surface area contributed by atoms with E-state index in [1.807, 2.05) is 0 Å². The lowest BCUT2D eigenvalue weighted by Crippen LogP contribution is -2.44. The van der Waals surface area contributed by atoms with Crippen molar-refractivity contribution in [2.24, 2.45) is 11.8 Å². The molecule has 0 aromatic carbocycles. The fourth-order valence-electron chi connectivity index (χ4n) is 5.52. The minimum absolute atomic E-state index is 0.0575. The van der Waals surface area contributed by atoms with Gasteiger partial charge in [-0.1, -0.05) is 12.8 Å². The van der Waals surface area contributed by atoms with Gasteiger partial charge in [0.05, 0.1) is 0 Å². The van der Waals surface area contributed by atoms with Crippen LogP contribution in [-0.2, 0) is 14.4 Å². The van der Waals surface area contributed by atoms with Crippen LogP contribution in [0.3, 0.4) is 0 Å². The summed E-state index contributed by atoms with van der Waals surface area (Å²) >= 11 is 0. The van der Waals surface area contributed by atoms with E-state index < -0.39 is 6.23 Å². The summed E-state index contributed by atoms with van der Waals surface area (Å²) in [4.78, 5) is 38.6. The molecule has 2 fully saturated rings. The molecular weight excluding hydrogens is 356 g/mol. The van der Waals surface area contributed by atoms with E-state index in [9.17, 15) is 19.5 Å². The second kappa shape index (κ2) is 8.19. The molecule has 0 bridgehead atoms. The molecule has 2 aliphatic carbocycles. The standard InChI is InChI=1S/C22H30N2O4/c25-19-11-12-20(26)23(19)17-7-3-15(4-8-17)1-2-16-5-9-18(10-6-16)24-21(27)13-14-22(24)28/h11-19,25H,1-10H2. The molecular formula is C22H30N2O4. The maximum Gasteiger partial charge on any atom is 0.253 e. The van der Waals surface area contributed by atoms with Gasteiger partial charge < -0.3 is 10.0 Å². The van der Waals surface area contributed by atoms with Crippen LogP contribution in [0.2, 0.25) is 0 Å². The number of imide groups is 1. The third-order valence-corrected chi connectivity index (χ3v) is 7.17. The summed E-state index contributed by atoms with van der Waals surface area (Å²) < 4.78 is 0. The first kappa shape index (κ1) is 19.4. The Morgan fingerprint density at radius 2 is 1.21 bits per heavy atom. The number of rotatable bonds is 5. The van der Waals surface area contributed by atoms with E-state index in [2.05, 4.69) is 0 Å². The van der Waals surface area contributed by atoms with Gasteiger partial charge in [0.15, 0.2) is 0 Å². The van der Waals surface area contributed by atoms with Crippen LogP contribution in [-0.4, -0.2) is 50.9 Å². The van der Waals surface area contributed by atoms with Gasteiger partial charge in [-0.2, -0.15) is 0 Å². The molecule has 28 heavy (non-hydrogen) atoms. The highest BCUT2D eigenvalue weighted by atomic mass is 16.3. The van der Waals surface area contributed by atoms with Gasteiger partial charge >= 0.3 is 0 Å². The molecule has 2 heterocycles. The number of aliphatic hydroxyl groups excluding tert-OH is 1. The predicted molar refractivity (Wildman–Crippen MR) is 104 cm³/mol. The number of carbonyl (C=O) groups is 3. The lowest BCUT2D eigenvalue weighted by Gasteiger charge is -2.37. The molecule has 152 valence electrons. The molecule has 0 spiro atoms. The number of aliphatic hydroxyl groups is 1. The van der Waals surface area contributed by atoms with Gasteiger partial charge in [0.25, 0.3) is 11.8 Å². The summed E-state index contributed by atoms with van der Waals surface area (Å²) in [5, 5.41) is 9.95. The van der Waals surface area contributed by atoms with Crippen LogP contribution in [0.1, 0.15) is 64.2 Å². The first-order valence-corrected chi connectivity index (χ1v) is 10.8. The maximum atomic E-state index is 11.9. The summed E-state index contributed by atoms with van der Waals surface area (Å²) in [6.45, 7) is 0. The Bertz CT molecular complexity index is 667.